The Morgan fingerprint density at radius 2 is 2.11 bits per heavy atom. The van der Waals surface area contributed by atoms with E-state index in [0.717, 1.165) is 19.3 Å². The average Bonchev–Trinajstić information content (AvgIpc) is 2.85. The average molecular weight is 253 g/mol. The Bertz CT molecular complexity index is 397. The molecule has 18 heavy (non-hydrogen) atoms. The van der Waals surface area contributed by atoms with E-state index in [1.54, 1.807) is 7.11 Å². The Morgan fingerprint density at radius 3 is 2.61 bits per heavy atom. The quantitative estimate of drug-likeness (QED) is 0.895. The van der Waals surface area contributed by atoms with Gasteiger partial charge >= 0.3 is 0 Å². The second-order valence-electron chi connectivity index (χ2n) is 6.24. The van der Waals surface area contributed by atoms with Gasteiger partial charge in [0.25, 0.3) is 0 Å². The number of ether oxygens (including phenoxy) is 1. The third kappa shape index (κ3) is 2.72. The van der Waals surface area contributed by atoms with Gasteiger partial charge in [-0.3, -0.25) is 0 Å². The van der Waals surface area contributed by atoms with E-state index in [1.165, 1.54) is 0 Å². The van der Waals surface area contributed by atoms with Gasteiger partial charge in [-0.1, -0.05) is 25.9 Å². The van der Waals surface area contributed by atoms with Crippen molar-refractivity contribution in [3.63, 3.8) is 0 Å². The summed E-state index contributed by atoms with van der Waals surface area (Å²) < 4.78 is 10.9. The Labute approximate surface area is 108 Å². The third-order valence-electron chi connectivity index (χ3n) is 3.54. The molecule has 1 aromatic rings. The van der Waals surface area contributed by atoms with Crippen LogP contribution in [0.25, 0.3) is 0 Å². The normalized spacial score (nSPS) is 26.5. The number of aromatic nitrogens is 2. The first-order valence-corrected chi connectivity index (χ1v) is 6.53. The van der Waals surface area contributed by atoms with Crippen molar-refractivity contribution in [3.8, 4) is 0 Å². The van der Waals surface area contributed by atoms with E-state index in [2.05, 4.69) is 30.9 Å². The van der Waals surface area contributed by atoms with Gasteiger partial charge < -0.3 is 15.0 Å². The van der Waals surface area contributed by atoms with Crippen LogP contribution in [0.5, 0.6) is 0 Å². The predicted molar refractivity (Wildman–Crippen MR) is 68.1 cm³/mol. The number of hydrogen-bond donors (Lipinski definition) is 1. The lowest BCUT2D eigenvalue weighted by Crippen LogP contribution is -2.21. The van der Waals surface area contributed by atoms with Gasteiger partial charge in [-0.05, 0) is 24.7 Å². The molecule has 0 radical (unpaired) electrons. The van der Waals surface area contributed by atoms with E-state index >= 15 is 0 Å². The third-order valence-corrected chi connectivity index (χ3v) is 3.54. The fourth-order valence-corrected chi connectivity index (χ4v) is 2.61. The molecular weight excluding hydrogens is 230 g/mol. The zero-order chi connectivity index (χ0) is 13.3. The predicted octanol–water partition coefficient (Wildman–Crippen LogP) is 2.40. The molecule has 5 nitrogen and oxygen atoms in total. The van der Waals surface area contributed by atoms with Crippen molar-refractivity contribution < 1.29 is 9.26 Å². The van der Waals surface area contributed by atoms with E-state index in [0.29, 0.717) is 17.6 Å². The largest absolute Gasteiger partial charge is 0.373 e. The molecule has 3 unspecified atom stereocenters. The molecule has 5 heteroatoms. The summed E-state index contributed by atoms with van der Waals surface area (Å²) in [5.41, 5.74) is 5.86. The summed E-state index contributed by atoms with van der Waals surface area (Å²) in [5.74, 6) is 1.67. The minimum Gasteiger partial charge on any atom is -0.373 e. The summed E-state index contributed by atoms with van der Waals surface area (Å²) in [7, 11) is 1.68. The molecule has 0 bridgehead atoms. The Kier molecular flexibility index (Phi) is 3.73. The molecule has 0 amide bonds. The van der Waals surface area contributed by atoms with Crippen molar-refractivity contribution >= 4 is 0 Å². The van der Waals surface area contributed by atoms with Gasteiger partial charge in [0.05, 0.1) is 0 Å². The summed E-state index contributed by atoms with van der Waals surface area (Å²) in [6.07, 6.45) is 2.87. The van der Waals surface area contributed by atoms with Crippen LogP contribution in [0.1, 0.15) is 63.8 Å². The molecule has 1 aromatic heterocycles. The van der Waals surface area contributed by atoms with Crippen LogP contribution < -0.4 is 5.73 Å². The highest BCUT2D eigenvalue weighted by Crippen LogP contribution is 2.36. The van der Waals surface area contributed by atoms with Crippen molar-refractivity contribution in [2.75, 3.05) is 7.11 Å². The van der Waals surface area contributed by atoms with Gasteiger partial charge in [-0.25, -0.2) is 0 Å². The van der Waals surface area contributed by atoms with Crippen LogP contribution in [0.15, 0.2) is 4.52 Å². The second kappa shape index (κ2) is 4.97. The maximum absolute atomic E-state index is 5.91. The molecule has 1 saturated carbocycles. The van der Waals surface area contributed by atoms with Gasteiger partial charge in [-0.15, -0.1) is 0 Å². The highest BCUT2D eigenvalue weighted by atomic mass is 16.5. The van der Waals surface area contributed by atoms with Gasteiger partial charge in [-0.2, -0.15) is 4.98 Å². The molecule has 1 fully saturated rings. The monoisotopic (exact) mass is 253 g/mol. The molecule has 1 aliphatic carbocycles. The van der Waals surface area contributed by atoms with Gasteiger partial charge in [0, 0.05) is 19.1 Å². The van der Waals surface area contributed by atoms with Crippen LogP contribution in [0, 0.1) is 5.41 Å². The first kappa shape index (κ1) is 13.5. The first-order chi connectivity index (χ1) is 8.41. The van der Waals surface area contributed by atoms with Crippen LogP contribution in [-0.4, -0.2) is 23.3 Å². The van der Waals surface area contributed by atoms with Crippen molar-refractivity contribution in [1.29, 1.82) is 0 Å². The summed E-state index contributed by atoms with van der Waals surface area (Å²) in [6.45, 7) is 6.30. The fourth-order valence-electron chi connectivity index (χ4n) is 2.61. The lowest BCUT2D eigenvalue weighted by atomic mass is 9.88. The molecule has 2 N–H and O–H groups in total. The molecule has 1 heterocycles. The van der Waals surface area contributed by atoms with Crippen molar-refractivity contribution in [3.05, 3.63) is 11.7 Å². The fraction of sp³-hybridized carbons (Fsp3) is 0.846. The lowest BCUT2D eigenvalue weighted by molar-refractivity contribution is 0.00718. The molecule has 2 rings (SSSR count). The maximum atomic E-state index is 5.91. The number of methoxy groups -OCH3 is 1. The van der Waals surface area contributed by atoms with Crippen LogP contribution in [0.2, 0.25) is 0 Å². The molecule has 0 aliphatic heterocycles. The first-order valence-electron chi connectivity index (χ1n) is 6.53. The van der Waals surface area contributed by atoms with E-state index < -0.39 is 0 Å². The summed E-state index contributed by atoms with van der Waals surface area (Å²) in [4.78, 5) is 4.51. The number of rotatable bonds is 3. The van der Waals surface area contributed by atoms with E-state index in [9.17, 15) is 0 Å². The number of hydrogen-bond acceptors (Lipinski definition) is 5. The topological polar surface area (TPSA) is 74.2 Å². The zero-order valence-electron chi connectivity index (χ0n) is 11.6. The molecule has 102 valence electrons. The van der Waals surface area contributed by atoms with Gasteiger partial charge in [0.15, 0.2) is 0 Å². The molecule has 0 saturated heterocycles. The Balaban J connectivity index is 2.14. The minimum absolute atomic E-state index is 0.0536. The minimum atomic E-state index is -0.148. The van der Waals surface area contributed by atoms with E-state index in [-0.39, 0.29) is 17.6 Å². The summed E-state index contributed by atoms with van der Waals surface area (Å²) in [6, 6.07) is 0.270. The van der Waals surface area contributed by atoms with Crippen LogP contribution in [0.4, 0.5) is 0 Å². The molecule has 3 atom stereocenters. The maximum Gasteiger partial charge on any atom is 0.229 e. The van der Waals surface area contributed by atoms with E-state index in [4.69, 9.17) is 15.0 Å². The van der Waals surface area contributed by atoms with E-state index in [1.807, 2.05) is 0 Å². The van der Waals surface area contributed by atoms with Crippen LogP contribution in [-0.2, 0) is 4.74 Å². The second-order valence-corrected chi connectivity index (χ2v) is 6.24. The van der Waals surface area contributed by atoms with Crippen molar-refractivity contribution in [2.45, 2.75) is 58.1 Å². The smallest absolute Gasteiger partial charge is 0.229 e. The Hall–Kier alpha value is -0.940. The zero-order valence-corrected chi connectivity index (χ0v) is 11.6. The number of nitrogens with two attached hydrogens (primary N) is 1. The van der Waals surface area contributed by atoms with Crippen molar-refractivity contribution in [1.82, 2.24) is 10.1 Å². The van der Waals surface area contributed by atoms with Gasteiger partial charge in [0.1, 0.15) is 6.10 Å². The highest BCUT2D eigenvalue weighted by molar-refractivity contribution is 5.02. The highest BCUT2D eigenvalue weighted by Gasteiger charge is 2.33. The standard InChI is InChI=1S/C13H23N3O2/c1-13(2,3)10(17-4)11-15-12(18-16-11)8-5-6-9(14)7-8/h8-10H,5-7,14H2,1-4H3. The lowest BCUT2D eigenvalue weighted by Gasteiger charge is -2.26. The number of nitrogens with zero attached hydrogens (tertiary/aromatic N) is 2. The van der Waals surface area contributed by atoms with Crippen LogP contribution >= 0.6 is 0 Å². The molecule has 0 aromatic carbocycles. The van der Waals surface area contributed by atoms with Crippen molar-refractivity contribution in [2.24, 2.45) is 11.1 Å². The SMILES string of the molecule is COC(c1noc(C2CCC(N)C2)n1)C(C)(C)C. The molecule has 0 spiro atoms. The van der Waals surface area contributed by atoms with Gasteiger partial charge in [0.2, 0.25) is 11.7 Å². The molecule has 1 aliphatic rings. The van der Waals surface area contributed by atoms with Crippen LogP contribution in [0.3, 0.4) is 0 Å². The summed E-state index contributed by atoms with van der Waals surface area (Å²) >= 11 is 0. The summed E-state index contributed by atoms with van der Waals surface area (Å²) in [5, 5.41) is 4.07. The Morgan fingerprint density at radius 1 is 1.39 bits per heavy atom. The molecular formula is C13H23N3O2.